The van der Waals surface area contributed by atoms with Gasteiger partial charge in [-0.3, -0.25) is 4.79 Å². The summed E-state index contributed by atoms with van der Waals surface area (Å²) in [7, 11) is 0. The number of isothiocyanates is 1. The number of Topliss-reactive ketones (excluding diaryl/α,β-unsaturated/α-hetero) is 1. The zero-order valence-electron chi connectivity index (χ0n) is 7.80. The largest absolute Gasteiger partial charge is 0.501 e. The third-order valence-electron chi connectivity index (χ3n) is 1.26. The number of rotatable bonds is 5. The summed E-state index contributed by atoms with van der Waals surface area (Å²) >= 11 is 4.19. The Hall–Kier alpha value is -1.20. The zero-order valence-corrected chi connectivity index (χ0v) is 8.61. The van der Waals surface area contributed by atoms with Gasteiger partial charge in [0.15, 0.2) is 0 Å². The van der Waals surface area contributed by atoms with E-state index in [0.29, 0.717) is 0 Å². The summed E-state index contributed by atoms with van der Waals surface area (Å²) in [5.74, 6) is -1.98. The number of halogens is 3. The topological polar surface area (TPSA) is 38.7 Å². The van der Waals surface area contributed by atoms with E-state index < -0.39 is 24.1 Å². The van der Waals surface area contributed by atoms with Gasteiger partial charge in [0.05, 0.1) is 30.1 Å². The standard InChI is InChI=1S/C8H8F3NO2S/c1-2-14-4-6(3-12-5-15)7(13)8(9,10)11/h4H,2-3H2,1H3/b6-4+. The molecular formula is C8H8F3NO2S. The highest BCUT2D eigenvalue weighted by Crippen LogP contribution is 2.20. The van der Waals surface area contributed by atoms with E-state index in [2.05, 4.69) is 21.9 Å². The van der Waals surface area contributed by atoms with Crippen LogP contribution < -0.4 is 0 Å². The summed E-state index contributed by atoms with van der Waals surface area (Å²) in [6.45, 7) is 1.26. The monoisotopic (exact) mass is 239 g/mol. The molecule has 0 fully saturated rings. The molecule has 0 unspecified atom stereocenters. The molecule has 15 heavy (non-hydrogen) atoms. The lowest BCUT2D eigenvalue weighted by Gasteiger charge is -2.06. The Morgan fingerprint density at radius 1 is 1.60 bits per heavy atom. The smallest absolute Gasteiger partial charge is 0.454 e. The molecule has 0 N–H and O–H groups in total. The van der Waals surface area contributed by atoms with Crippen LogP contribution in [-0.2, 0) is 9.53 Å². The minimum absolute atomic E-state index is 0.163. The maximum atomic E-state index is 12.0. The number of ketones is 1. The Labute approximate surface area is 89.6 Å². The van der Waals surface area contributed by atoms with E-state index in [9.17, 15) is 18.0 Å². The van der Waals surface area contributed by atoms with Crippen LogP contribution in [-0.4, -0.2) is 30.3 Å². The second-order valence-electron chi connectivity index (χ2n) is 2.33. The molecule has 0 saturated heterocycles. The first kappa shape index (κ1) is 13.8. The number of thiocarbonyl (C=S) groups is 1. The van der Waals surface area contributed by atoms with Crippen molar-refractivity contribution in [1.82, 2.24) is 0 Å². The first-order valence-corrected chi connectivity index (χ1v) is 4.30. The van der Waals surface area contributed by atoms with Crippen LogP contribution in [0.2, 0.25) is 0 Å². The number of carbonyl (C=O) groups excluding carboxylic acids is 1. The third kappa shape index (κ3) is 5.29. The van der Waals surface area contributed by atoms with Crippen LogP contribution in [0, 0.1) is 0 Å². The first-order chi connectivity index (χ1) is 6.93. The molecule has 0 aromatic carbocycles. The molecule has 0 aromatic rings. The van der Waals surface area contributed by atoms with E-state index in [1.807, 2.05) is 5.16 Å². The summed E-state index contributed by atoms with van der Waals surface area (Å²) in [5.41, 5.74) is -0.596. The van der Waals surface area contributed by atoms with E-state index >= 15 is 0 Å². The molecule has 0 saturated carbocycles. The molecule has 0 rings (SSSR count). The third-order valence-corrected chi connectivity index (χ3v) is 1.38. The van der Waals surface area contributed by atoms with Crippen LogP contribution in [0.1, 0.15) is 6.92 Å². The van der Waals surface area contributed by atoms with Crippen molar-refractivity contribution in [2.45, 2.75) is 13.1 Å². The molecular weight excluding hydrogens is 231 g/mol. The van der Waals surface area contributed by atoms with E-state index in [1.54, 1.807) is 6.92 Å². The van der Waals surface area contributed by atoms with Crippen molar-refractivity contribution in [2.24, 2.45) is 4.99 Å². The van der Waals surface area contributed by atoms with Crippen LogP contribution in [0.3, 0.4) is 0 Å². The molecule has 84 valence electrons. The average molecular weight is 239 g/mol. The second-order valence-corrected chi connectivity index (χ2v) is 2.52. The molecule has 0 aliphatic heterocycles. The van der Waals surface area contributed by atoms with E-state index in [-0.39, 0.29) is 6.61 Å². The van der Waals surface area contributed by atoms with Crippen molar-refractivity contribution in [3.8, 4) is 0 Å². The molecule has 0 spiro atoms. The van der Waals surface area contributed by atoms with Gasteiger partial charge in [-0.1, -0.05) is 0 Å². The van der Waals surface area contributed by atoms with Crippen LogP contribution in [0.4, 0.5) is 13.2 Å². The molecule has 3 nitrogen and oxygen atoms in total. The molecule has 0 atom stereocenters. The summed E-state index contributed by atoms with van der Waals surface area (Å²) in [5, 5.41) is 1.87. The lowest BCUT2D eigenvalue weighted by atomic mass is 10.2. The van der Waals surface area contributed by atoms with Crippen LogP contribution in [0.25, 0.3) is 0 Å². The summed E-state index contributed by atoms with van der Waals surface area (Å²) < 4.78 is 40.7. The number of alkyl halides is 3. The highest BCUT2D eigenvalue weighted by molar-refractivity contribution is 7.78. The van der Waals surface area contributed by atoms with Gasteiger partial charge in [-0.15, -0.1) is 0 Å². The van der Waals surface area contributed by atoms with Gasteiger partial charge in [-0.05, 0) is 19.1 Å². The maximum Gasteiger partial charge on any atom is 0.454 e. The first-order valence-electron chi connectivity index (χ1n) is 3.89. The minimum Gasteiger partial charge on any atom is -0.501 e. The van der Waals surface area contributed by atoms with E-state index in [1.165, 1.54) is 0 Å². The Balaban J connectivity index is 4.77. The quantitative estimate of drug-likeness (QED) is 0.319. The minimum atomic E-state index is -4.93. The fraction of sp³-hybridized carbons (Fsp3) is 0.500. The molecule has 0 radical (unpaired) electrons. The van der Waals surface area contributed by atoms with E-state index in [0.717, 1.165) is 6.26 Å². The number of hydrogen-bond donors (Lipinski definition) is 0. The molecule has 0 heterocycles. The van der Waals surface area contributed by atoms with Crippen molar-refractivity contribution in [1.29, 1.82) is 0 Å². The number of aliphatic imine (C=N–C) groups is 1. The van der Waals surface area contributed by atoms with Gasteiger partial charge >= 0.3 is 6.18 Å². The van der Waals surface area contributed by atoms with Gasteiger partial charge in [0.25, 0.3) is 5.78 Å². The van der Waals surface area contributed by atoms with Crippen LogP contribution >= 0.6 is 12.2 Å². The molecule has 0 aliphatic carbocycles. The predicted octanol–water partition coefficient (Wildman–Crippen LogP) is 2.14. The second kappa shape index (κ2) is 6.31. The van der Waals surface area contributed by atoms with Gasteiger partial charge in [-0.25, -0.2) is 4.99 Å². The van der Waals surface area contributed by atoms with Gasteiger partial charge in [-0.2, -0.15) is 13.2 Å². The van der Waals surface area contributed by atoms with Gasteiger partial charge in [0, 0.05) is 0 Å². The zero-order chi connectivity index (χ0) is 11.9. The summed E-state index contributed by atoms with van der Waals surface area (Å²) in [6, 6.07) is 0. The Bertz CT molecular complexity index is 305. The highest BCUT2D eigenvalue weighted by atomic mass is 32.1. The van der Waals surface area contributed by atoms with Crippen molar-refractivity contribution in [2.75, 3.05) is 13.2 Å². The number of ether oxygens (including phenoxy) is 1. The molecule has 0 amide bonds. The summed E-state index contributed by atoms with van der Waals surface area (Å²) in [4.78, 5) is 14.0. The molecule has 0 bridgehead atoms. The molecule has 7 heteroatoms. The normalized spacial score (nSPS) is 11.9. The molecule has 0 aromatic heterocycles. The Morgan fingerprint density at radius 2 is 2.20 bits per heavy atom. The highest BCUT2D eigenvalue weighted by Gasteiger charge is 2.40. The lowest BCUT2D eigenvalue weighted by molar-refractivity contribution is -0.166. The molecule has 0 aliphatic rings. The van der Waals surface area contributed by atoms with Crippen LogP contribution in [0.5, 0.6) is 0 Å². The van der Waals surface area contributed by atoms with Crippen molar-refractivity contribution < 1.29 is 22.7 Å². The van der Waals surface area contributed by atoms with Gasteiger partial charge < -0.3 is 4.74 Å². The Kier molecular flexibility index (Phi) is 5.81. The Morgan fingerprint density at radius 3 is 2.60 bits per heavy atom. The van der Waals surface area contributed by atoms with Crippen LogP contribution in [0.15, 0.2) is 16.8 Å². The number of nitrogens with zero attached hydrogens (tertiary/aromatic N) is 1. The maximum absolute atomic E-state index is 12.0. The number of hydrogen-bond acceptors (Lipinski definition) is 4. The van der Waals surface area contributed by atoms with Crippen molar-refractivity contribution in [3.63, 3.8) is 0 Å². The fourth-order valence-electron chi connectivity index (χ4n) is 0.646. The van der Waals surface area contributed by atoms with Gasteiger partial charge in [0.1, 0.15) is 0 Å². The predicted molar refractivity (Wildman–Crippen MR) is 50.7 cm³/mol. The summed E-state index contributed by atoms with van der Waals surface area (Å²) in [6.07, 6.45) is -4.19. The van der Waals surface area contributed by atoms with Gasteiger partial charge in [0.2, 0.25) is 0 Å². The SMILES string of the molecule is CCO/C=C(\CN=C=S)C(=O)C(F)(F)F. The van der Waals surface area contributed by atoms with Crippen molar-refractivity contribution >= 4 is 23.2 Å². The fourth-order valence-corrected chi connectivity index (χ4v) is 0.711. The van der Waals surface area contributed by atoms with Crippen molar-refractivity contribution in [3.05, 3.63) is 11.8 Å². The number of carbonyl (C=O) groups is 1. The van der Waals surface area contributed by atoms with E-state index in [4.69, 9.17) is 0 Å². The lowest BCUT2D eigenvalue weighted by Crippen LogP contribution is -2.26. The average Bonchev–Trinajstić information content (AvgIpc) is 2.16.